The van der Waals surface area contributed by atoms with Gasteiger partial charge in [-0.15, -0.1) is 0 Å². The van der Waals surface area contributed by atoms with E-state index in [4.69, 9.17) is 14.3 Å². The number of ether oxygens (including phenoxy) is 2. The van der Waals surface area contributed by atoms with Gasteiger partial charge in [0.1, 0.15) is 18.3 Å². The number of hydrogen-bond donors (Lipinski definition) is 0. The van der Waals surface area contributed by atoms with E-state index in [0.717, 1.165) is 0 Å². The molecule has 0 aromatic heterocycles. The van der Waals surface area contributed by atoms with Crippen molar-refractivity contribution in [3.63, 3.8) is 0 Å². The van der Waals surface area contributed by atoms with E-state index in [2.05, 4.69) is 0 Å². The van der Waals surface area contributed by atoms with Gasteiger partial charge in [-0.25, -0.2) is 0 Å². The summed E-state index contributed by atoms with van der Waals surface area (Å²) in [6.07, 6.45) is 0. The van der Waals surface area contributed by atoms with Crippen LogP contribution in [0.5, 0.6) is 11.5 Å². The zero-order valence-electron chi connectivity index (χ0n) is 14.4. The van der Waals surface area contributed by atoms with E-state index >= 15 is 0 Å². The van der Waals surface area contributed by atoms with Crippen molar-refractivity contribution in [3.8, 4) is 11.5 Å². The number of hydrogen-bond acceptors (Lipinski definition) is 5. The Morgan fingerprint density at radius 3 is 1.21 bits per heavy atom. The predicted molar refractivity (Wildman–Crippen MR) is 93.1 cm³/mol. The van der Waals surface area contributed by atoms with Gasteiger partial charge in [-0.2, -0.15) is 0 Å². The van der Waals surface area contributed by atoms with Gasteiger partial charge in [0.2, 0.25) is 0 Å². The molecule has 0 fully saturated rings. The number of methoxy groups -OCH3 is 2. The average molecular weight is 330 g/mol. The van der Waals surface area contributed by atoms with Crippen LogP contribution in [0, 0.1) is 0 Å². The van der Waals surface area contributed by atoms with Crippen LogP contribution < -0.4 is 9.47 Å². The predicted octanol–water partition coefficient (Wildman–Crippen LogP) is 3.61. The molecule has 0 spiro atoms. The highest BCUT2D eigenvalue weighted by molar-refractivity contribution is 5.97. The second kappa shape index (κ2) is 11.6. The minimum Gasteiger partial charge on any atom is -0.496 e. The van der Waals surface area contributed by atoms with Crippen LogP contribution in [-0.2, 0) is 4.79 Å². The molecule has 0 atom stereocenters. The van der Waals surface area contributed by atoms with Gasteiger partial charge in [0.25, 0.3) is 0 Å². The molecule has 0 aliphatic carbocycles. The Hall–Kier alpha value is -2.95. The van der Waals surface area contributed by atoms with Crippen molar-refractivity contribution in [3.05, 3.63) is 59.7 Å². The first-order valence-electron chi connectivity index (χ1n) is 7.08. The molecule has 0 saturated carbocycles. The van der Waals surface area contributed by atoms with Crippen molar-refractivity contribution >= 4 is 18.4 Å². The van der Waals surface area contributed by atoms with Crippen molar-refractivity contribution in [2.45, 2.75) is 13.8 Å². The molecular weight excluding hydrogens is 308 g/mol. The summed E-state index contributed by atoms with van der Waals surface area (Å²) in [4.78, 5) is 29.9. The van der Waals surface area contributed by atoms with E-state index in [9.17, 15) is 9.59 Å². The van der Waals surface area contributed by atoms with Crippen molar-refractivity contribution < 1.29 is 23.9 Å². The van der Waals surface area contributed by atoms with E-state index < -0.39 is 0 Å². The highest BCUT2D eigenvalue weighted by atomic mass is 16.5. The monoisotopic (exact) mass is 330 g/mol. The highest BCUT2D eigenvalue weighted by Crippen LogP contribution is 2.17. The fourth-order valence-corrected chi connectivity index (χ4v) is 1.87. The van der Waals surface area contributed by atoms with Crippen molar-refractivity contribution in [1.82, 2.24) is 0 Å². The highest BCUT2D eigenvalue weighted by Gasteiger charge is 2.05. The standard InChI is InChI=1S/2C9H10O2.CH2O/c2*1-7(10)8-5-3-4-6-9(8)11-2;1-2/h2*3-6H,1-2H3;1H2. The molecule has 0 radical (unpaired) electrons. The fraction of sp³-hybridized carbons (Fsp3) is 0.211. The quantitative estimate of drug-likeness (QED) is 0.801. The van der Waals surface area contributed by atoms with Crippen molar-refractivity contribution in [2.24, 2.45) is 0 Å². The summed E-state index contributed by atoms with van der Waals surface area (Å²) >= 11 is 0. The third kappa shape index (κ3) is 6.44. The maximum Gasteiger partial charge on any atom is 0.163 e. The van der Waals surface area contributed by atoms with Gasteiger partial charge in [-0.05, 0) is 38.1 Å². The Morgan fingerprint density at radius 2 is 1.00 bits per heavy atom. The number of carbonyl (C=O) groups is 3. The number of Topliss-reactive ketones (excluding diaryl/α,β-unsaturated/α-hetero) is 2. The molecule has 0 aliphatic heterocycles. The van der Waals surface area contributed by atoms with E-state index in [1.807, 2.05) is 31.1 Å². The first-order valence-corrected chi connectivity index (χ1v) is 7.08. The van der Waals surface area contributed by atoms with E-state index in [-0.39, 0.29) is 11.6 Å². The minimum absolute atomic E-state index is 0.0300. The third-order valence-corrected chi connectivity index (χ3v) is 2.97. The van der Waals surface area contributed by atoms with Crippen LogP contribution in [0.15, 0.2) is 48.5 Å². The molecule has 0 bridgehead atoms. The Kier molecular flexibility index (Phi) is 10.2. The number of para-hydroxylation sites is 2. The van der Waals surface area contributed by atoms with Crippen LogP contribution in [-0.4, -0.2) is 32.6 Å². The Morgan fingerprint density at radius 1 is 0.708 bits per heavy atom. The molecule has 5 heteroatoms. The smallest absolute Gasteiger partial charge is 0.163 e. The lowest BCUT2D eigenvalue weighted by Crippen LogP contribution is -1.96. The van der Waals surface area contributed by atoms with Crippen LogP contribution >= 0.6 is 0 Å². The topological polar surface area (TPSA) is 69.7 Å². The number of carbonyl (C=O) groups excluding carboxylic acids is 3. The lowest BCUT2D eigenvalue weighted by atomic mass is 10.1. The van der Waals surface area contributed by atoms with E-state index in [0.29, 0.717) is 22.6 Å². The van der Waals surface area contributed by atoms with E-state index in [1.54, 1.807) is 38.5 Å². The van der Waals surface area contributed by atoms with Crippen LogP contribution in [0.1, 0.15) is 34.6 Å². The Bertz CT molecular complexity index is 607. The molecule has 24 heavy (non-hydrogen) atoms. The lowest BCUT2D eigenvalue weighted by Gasteiger charge is -2.03. The van der Waals surface area contributed by atoms with Gasteiger partial charge in [-0.3, -0.25) is 9.59 Å². The number of benzene rings is 2. The summed E-state index contributed by atoms with van der Waals surface area (Å²) in [5, 5.41) is 0. The normalized spacial score (nSPS) is 8.67. The van der Waals surface area contributed by atoms with Gasteiger partial charge in [0.15, 0.2) is 11.6 Å². The average Bonchev–Trinajstić information content (AvgIpc) is 2.63. The molecule has 0 amide bonds. The largest absolute Gasteiger partial charge is 0.496 e. The molecule has 128 valence electrons. The van der Waals surface area contributed by atoms with Crippen LogP contribution in [0.3, 0.4) is 0 Å². The molecule has 5 nitrogen and oxygen atoms in total. The summed E-state index contributed by atoms with van der Waals surface area (Å²) in [7, 11) is 3.11. The zero-order valence-corrected chi connectivity index (χ0v) is 14.4. The fourth-order valence-electron chi connectivity index (χ4n) is 1.87. The summed E-state index contributed by atoms with van der Waals surface area (Å²) in [5.41, 5.74) is 1.27. The van der Waals surface area contributed by atoms with Gasteiger partial charge in [0, 0.05) is 0 Å². The third-order valence-electron chi connectivity index (χ3n) is 2.97. The van der Waals surface area contributed by atoms with Crippen LogP contribution in [0.25, 0.3) is 0 Å². The molecular formula is C19H22O5. The first kappa shape index (κ1) is 21.0. The number of rotatable bonds is 4. The Balaban J connectivity index is 0.000000400. The molecule has 2 aromatic carbocycles. The second-order valence-corrected chi connectivity index (χ2v) is 4.51. The SMILES string of the molecule is C=O.COc1ccccc1C(C)=O.COc1ccccc1C(C)=O. The van der Waals surface area contributed by atoms with Crippen LogP contribution in [0.4, 0.5) is 0 Å². The molecule has 0 unspecified atom stereocenters. The Labute approximate surface area is 142 Å². The molecule has 0 aliphatic rings. The summed E-state index contributed by atoms with van der Waals surface area (Å²) in [5.74, 6) is 1.34. The van der Waals surface area contributed by atoms with Gasteiger partial charge in [0.05, 0.1) is 25.3 Å². The molecule has 0 heterocycles. The van der Waals surface area contributed by atoms with Gasteiger partial charge >= 0.3 is 0 Å². The minimum atomic E-state index is 0.0300. The maximum atomic E-state index is 10.9. The molecule has 2 aromatic rings. The van der Waals surface area contributed by atoms with Gasteiger partial charge < -0.3 is 14.3 Å². The summed E-state index contributed by atoms with van der Waals surface area (Å²) in [6, 6.07) is 14.4. The molecule has 0 N–H and O–H groups in total. The summed E-state index contributed by atoms with van der Waals surface area (Å²) in [6.45, 7) is 5.05. The second-order valence-electron chi connectivity index (χ2n) is 4.51. The van der Waals surface area contributed by atoms with E-state index in [1.165, 1.54) is 13.8 Å². The maximum absolute atomic E-state index is 10.9. The van der Waals surface area contributed by atoms with Crippen LogP contribution in [0.2, 0.25) is 0 Å². The van der Waals surface area contributed by atoms with Crippen molar-refractivity contribution in [1.29, 1.82) is 0 Å². The molecule has 2 rings (SSSR count). The first-order chi connectivity index (χ1) is 11.5. The molecule has 0 saturated heterocycles. The zero-order chi connectivity index (χ0) is 18.5. The van der Waals surface area contributed by atoms with Crippen molar-refractivity contribution in [2.75, 3.05) is 14.2 Å². The number of ketones is 2. The lowest BCUT2D eigenvalue weighted by molar-refractivity contribution is -0.0980. The summed E-state index contributed by atoms with van der Waals surface area (Å²) < 4.78 is 9.97. The van der Waals surface area contributed by atoms with Gasteiger partial charge in [-0.1, -0.05) is 24.3 Å².